The molecule has 6 heteroatoms. The zero-order valence-corrected chi connectivity index (χ0v) is 10.3. The van der Waals surface area contributed by atoms with Gasteiger partial charge in [0.1, 0.15) is 18.4 Å². The fraction of sp³-hybridized carbons (Fsp3) is 0.154. The van der Waals surface area contributed by atoms with Crippen LogP contribution >= 0.6 is 0 Å². The molecule has 0 saturated heterocycles. The van der Waals surface area contributed by atoms with Crippen molar-refractivity contribution in [2.75, 3.05) is 5.32 Å². The largest absolute Gasteiger partial charge is 0.444 e. The van der Waals surface area contributed by atoms with Crippen molar-refractivity contribution < 1.29 is 9.53 Å². The van der Waals surface area contributed by atoms with E-state index in [0.717, 1.165) is 5.56 Å². The molecule has 1 aromatic carbocycles. The first kappa shape index (κ1) is 12.6. The summed E-state index contributed by atoms with van der Waals surface area (Å²) in [5, 5.41) is 15.2. The van der Waals surface area contributed by atoms with Crippen molar-refractivity contribution in [2.24, 2.45) is 7.05 Å². The van der Waals surface area contributed by atoms with Gasteiger partial charge >= 0.3 is 6.09 Å². The van der Waals surface area contributed by atoms with Gasteiger partial charge in [0.05, 0.1) is 0 Å². The first-order valence-electron chi connectivity index (χ1n) is 5.61. The van der Waals surface area contributed by atoms with E-state index in [2.05, 4.69) is 10.4 Å². The molecule has 0 aliphatic carbocycles. The number of nitriles is 1. The third-order valence-corrected chi connectivity index (χ3v) is 2.44. The molecule has 0 aliphatic heterocycles. The van der Waals surface area contributed by atoms with Crippen molar-refractivity contribution in [1.29, 1.82) is 5.26 Å². The minimum atomic E-state index is -0.605. The number of nitrogens with zero attached hydrogens (tertiary/aromatic N) is 3. The van der Waals surface area contributed by atoms with E-state index >= 15 is 0 Å². The third kappa shape index (κ3) is 3.33. The zero-order valence-electron chi connectivity index (χ0n) is 10.3. The SMILES string of the molecule is Cn1nc(NC(=O)OCc2ccccc2)cc1C#N. The topological polar surface area (TPSA) is 79.9 Å². The Morgan fingerprint density at radius 1 is 1.47 bits per heavy atom. The molecule has 0 unspecified atom stereocenters. The van der Waals surface area contributed by atoms with Crippen LogP contribution in [-0.4, -0.2) is 15.9 Å². The van der Waals surface area contributed by atoms with Gasteiger partial charge in [-0.25, -0.2) is 4.79 Å². The first-order valence-corrected chi connectivity index (χ1v) is 5.61. The number of carbonyl (C=O) groups excluding carboxylic acids is 1. The Bertz CT molecular complexity index is 613. The van der Waals surface area contributed by atoms with Gasteiger partial charge in [-0.1, -0.05) is 30.3 Å². The van der Waals surface area contributed by atoms with Gasteiger partial charge in [-0.05, 0) is 5.56 Å². The maximum atomic E-state index is 11.5. The molecule has 1 N–H and O–H groups in total. The quantitative estimate of drug-likeness (QED) is 0.911. The van der Waals surface area contributed by atoms with Crippen molar-refractivity contribution in [3.63, 3.8) is 0 Å². The second-order valence-corrected chi connectivity index (χ2v) is 3.84. The van der Waals surface area contributed by atoms with Gasteiger partial charge in [0.15, 0.2) is 5.82 Å². The van der Waals surface area contributed by atoms with Crippen molar-refractivity contribution in [2.45, 2.75) is 6.61 Å². The Morgan fingerprint density at radius 2 is 2.21 bits per heavy atom. The predicted molar refractivity (Wildman–Crippen MR) is 68.2 cm³/mol. The number of amides is 1. The second kappa shape index (κ2) is 5.69. The van der Waals surface area contributed by atoms with Crippen LogP contribution in [0, 0.1) is 11.3 Å². The summed E-state index contributed by atoms with van der Waals surface area (Å²) in [4.78, 5) is 11.5. The molecule has 1 amide bonds. The molecular weight excluding hydrogens is 244 g/mol. The monoisotopic (exact) mass is 256 g/mol. The van der Waals surface area contributed by atoms with Crippen LogP contribution in [0.5, 0.6) is 0 Å². The van der Waals surface area contributed by atoms with E-state index in [-0.39, 0.29) is 12.4 Å². The molecule has 96 valence electrons. The number of anilines is 1. The van der Waals surface area contributed by atoms with E-state index in [9.17, 15) is 4.79 Å². The molecular formula is C13H12N4O2. The lowest BCUT2D eigenvalue weighted by atomic mass is 10.2. The van der Waals surface area contributed by atoms with Gasteiger partial charge in [-0.2, -0.15) is 10.4 Å². The molecule has 0 atom stereocenters. The predicted octanol–water partition coefficient (Wildman–Crippen LogP) is 2.04. The molecule has 0 spiro atoms. The molecule has 6 nitrogen and oxygen atoms in total. The maximum Gasteiger partial charge on any atom is 0.413 e. The van der Waals surface area contributed by atoms with E-state index in [0.29, 0.717) is 5.69 Å². The highest BCUT2D eigenvalue weighted by molar-refractivity contribution is 5.83. The van der Waals surface area contributed by atoms with Crippen LogP contribution in [0.1, 0.15) is 11.3 Å². The van der Waals surface area contributed by atoms with Gasteiger partial charge < -0.3 is 4.74 Å². The smallest absolute Gasteiger partial charge is 0.413 e. The molecule has 0 radical (unpaired) electrons. The number of hydrogen-bond donors (Lipinski definition) is 1. The highest BCUT2D eigenvalue weighted by atomic mass is 16.5. The summed E-state index contributed by atoms with van der Waals surface area (Å²) in [7, 11) is 1.62. The number of aromatic nitrogens is 2. The average molecular weight is 256 g/mol. The van der Waals surface area contributed by atoms with Gasteiger partial charge in [0.25, 0.3) is 0 Å². The lowest BCUT2D eigenvalue weighted by molar-refractivity contribution is 0.155. The number of benzene rings is 1. The lowest BCUT2D eigenvalue weighted by Gasteiger charge is -2.04. The molecule has 0 fully saturated rings. The minimum Gasteiger partial charge on any atom is -0.444 e. The standard InChI is InChI=1S/C13H12N4O2/c1-17-11(8-14)7-12(16-17)15-13(18)19-9-10-5-3-2-4-6-10/h2-7H,9H2,1H3,(H,15,16,18). The number of rotatable bonds is 3. The van der Waals surface area contributed by atoms with Crippen LogP contribution in [0.2, 0.25) is 0 Å². The molecule has 0 bridgehead atoms. The first-order chi connectivity index (χ1) is 9.19. The molecule has 19 heavy (non-hydrogen) atoms. The van der Waals surface area contributed by atoms with Crippen LogP contribution in [-0.2, 0) is 18.4 Å². The number of hydrogen-bond acceptors (Lipinski definition) is 4. The Kier molecular flexibility index (Phi) is 3.78. The summed E-state index contributed by atoms with van der Waals surface area (Å²) in [6, 6.07) is 12.8. The third-order valence-electron chi connectivity index (χ3n) is 2.44. The molecule has 0 aliphatic rings. The number of aryl methyl sites for hydroxylation is 1. The van der Waals surface area contributed by atoms with E-state index in [4.69, 9.17) is 10.00 Å². The van der Waals surface area contributed by atoms with Crippen LogP contribution in [0.3, 0.4) is 0 Å². The van der Waals surface area contributed by atoms with Crippen LogP contribution in [0.25, 0.3) is 0 Å². The second-order valence-electron chi connectivity index (χ2n) is 3.84. The van der Waals surface area contributed by atoms with Crippen LogP contribution in [0.4, 0.5) is 10.6 Å². The zero-order chi connectivity index (χ0) is 13.7. The van der Waals surface area contributed by atoms with Gasteiger partial charge in [0.2, 0.25) is 0 Å². The lowest BCUT2D eigenvalue weighted by Crippen LogP contribution is -2.14. The summed E-state index contributed by atoms with van der Waals surface area (Å²) in [5.41, 5.74) is 1.26. The van der Waals surface area contributed by atoms with Crippen molar-refractivity contribution in [3.8, 4) is 6.07 Å². The molecule has 2 aromatic rings. The summed E-state index contributed by atoms with van der Waals surface area (Å²) in [6.07, 6.45) is -0.605. The van der Waals surface area contributed by atoms with E-state index in [1.54, 1.807) is 7.05 Å². The van der Waals surface area contributed by atoms with E-state index in [1.165, 1.54) is 10.7 Å². The molecule has 1 heterocycles. The van der Waals surface area contributed by atoms with Gasteiger partial charge in [-0.3, -0.25) is 10.00 Å². The molecule has 1 aromatic heterocycles. The van der Waals surface area contributed by atoms with Crippen LogP contribution in [0.15, 0.2) is 36.4 Å². The normalized spacial score (nSPS) is 9.68. The summed E-state index contributed by atoms with van der Waals surface area (Å²) in [5.74, 6) is 0.289. The fourth-order valence-electron chi connectivity index (χ4n) is 1.50. The molecule has 0 saturated carbocycles. The summed E-state index contributed by atoms with van der Waals surface area (Å²) in [6.45, 7) is 0.185. The summed E-state index contributed by atoms with van der Waals surface area (Å²) >= 11 is 0. The maximum absolute atomic E-state index is 11.5. The highest BCUT2D eigenvalue weighted by Gasteiger charge is 2.08. The number of nitrogens with one attached hydrogen (secondary N) is 1. The minimum absolute atomic E-state index is 0.185. The Balaban J connectivity index is 1.89. The Labute approximate surface area is 110 Å². The Hall–Kier alpha value is -2.81. The van der Waals surface area contributed by atoms with Crippen LogP contribution < -0.4 is 5.32 Å². The van der Waals surface area contributed by atoms with Crippen molar-refractivity contribution in [1.82, 2.24) is 9.78 Å². The van der Waals surface area contributed by atoms with E-state index in [1.807, 2.05) is 36.4 Å². The van der Waals surface area contributed by atoms with Gasteiger partial charge in [0, 0.05) is 13.1 Å². The number of ether oxygens (including phenoxy) is 1. The fourth-order valence-corrected chi connectivity index (χ4v) is 1.50. The molecule has 2 rings (SSSR count). The Morgan fingerprint density at radius 3 is 2.84 bits per heavy atom. The highest BCUT2D eigenvalue weighted by Crippen LogP contribution is 2.08. The van der Waals surface area contributed by atoms with E-state index < -0.39 is 6.09 Å². The van der Waals surface area contributed by atoms with Crippen molar-refractivity contribution in [3.05, 3.63) is 47.7 Å². The van der Waals surface area contributed by atoms with Gasteiger partial charge in [-0.15, -0.1) is 0 Å². The van der Waals surface area contributed by atoms with Crippen molar-refractivity contribution >= 4 is 11.9 Å². The number of carbonyl (C=O) groups is 1. The average Bonchev–Trinajstić information content (AvgIpc) is 2.77. The summed E-state index contributed by atoms with van der Waals surface area (Å²) < 4.78 is 6.41.